The SMILES string of the molecule is COc1ccc(O)c(C(C)N[C@@H](C)c2ccccn2)c1. The van der Waals surface area contributed by atoms with Gasteiger partial charge in [-0.05, 0) is 44.2 Å². The largest absolute Gasteiger partial charge is 0.508 e. The van der Waals surface area contributed by atoms with Gasteiger partial charge in [0, 0.05) is 23.8 Å². The van der Waals surface area contributed by atoms with Crippen molar-refractivity contribution >= 4 is 0 Å². The fourth-order valence-electron chi connectivity index (χ4n) is 2.19. The van der Waals surface area contributed by atoms with E-state index < -0.39 is 0 Å². The van der Waals surface area contributed by atoms with Crippen molar-refractivity contribution in [2.24, 2.45) is 0 Å². The van der Waals surface area contributed by atoms with Gasteiger partial charge in [-0.2, -0.15) is 0 Å². The number of hydrogen-bond acceptors (Lipinski definition) is 4. The number of benzene rings is 1. The monoisotopic (exact) mass is 272 g/mol. The number of nitrogens with one attached hydrogen (secondary N) is 1. The molecule has 1 heterocycles. The molecule has 2 atom stereocenters. The van der Waals surface area contributed by atoms with Gasteiger partial charge in [0.1, 0.15) is 11.5 Å². The fraction of sp³-hybridized carbons (Fsp3) is 0.312. The second-order valence-electron chi connectivity index (χ2n) is 4.79. The quantitative estimate of drug-likeness (QED) is 0.877. The first-order valence-electron chi connectivity index (χ1n) is 6.65. The predicted octanol–water partition coefficient (Wildman–Crippen LogP) is 3.21. The molecule has 20 heavy (non-hydrogen) atoms. The molecule has 0 aliphatic rings. The lowest BCUT2D eigenvalue weighted by molar-refractivity contribution is 0.404. The number of pyridine rings is 1. The van der Waals surface area contributed by atoms with E-state index in [1.165, 1.54) is 0 Å². The van der Waals surface area contributed by atoms with E-state index in [0.29, 0.717) is 0 Å². The Morgan fingerprint density at radius 2 is 1.95 bits per heavy atom. The van der Waals surface area contributed by atoms with Crippen molar-refractivity contribution in [3.8, 4) is 11.5 Å². The maximum atomic E-state index is 9.97. The van der Waals surface area contributed by atoms with Gasteiger partial charge in [0.2, 0.25) is 0 Å². The van der Waals surface area contributed by atoms with Gasteiger partial charge in [-0.1, -0.05) is 6.07 Å². The average Bonchev–Trinajstić information content (AvgIpc) is 2.48. The van der Waals surface area contributed by atoms with Gasteiger partial charge in [-0.15, -0.1) is 0 Å². The highest BCUT2D eigenvalue weighted by Gasteiger charge is 2.15. The van der Waals surface area contributed by atoms with Crippen molar-refractivity contribution in [2.75, 3.05) is 7.11 Å². The van der Waals surface area contributed by atoms with Crippen LogP contribution in [0.4, 0.5) is 0 Å². The van der Waals surface area contributed by atoms with Crippen LogP contribution in [-0.4, -0.2) is 17.2 Å². The second-order valence-corrected chi connectivity index (χ2v) is 4.79. The Balaban J connectivity index is 2.14. The van der Waals surface area contributed by atoms with E-state index in [1.807, 2.05) is 31.2 Å². The molecule has 2 N–H and O–H groups in total. The molecule has 1 aromatic carbocycles. The van der Waals surface area contributed by atoms with E-state index >= 15 is 0 Å². The number of aromatic hydroxyl groups is 1. The van der Waals surface area contributed by atoms with Crippen LogP contribution in [0.15, 0.2) is 42.6 Å². The van der Waals surface area contributed by atoms with Crippen LogP contribution in [0.25, 0.3) is 0 Å². The average molecular weight is 272 g/mol. The number of methoxy groups -OCH3 is 1. The number of aromatic nitrogens is 1. The summed E-state index contributed by atoms with van der Waals surface area (Å²) >= 11 is 0. The number of rotatable bonds is 5. The van der Waals surface area contributed by atoms with Crippen molar-refractivity contribution in [1.82, 2.24) is 10.3 Å². The Kier molecular flexibility index (Phi) is 4.58. The van der Waals surface area contributed by atoms with Crippen LogP contribution in [0.5, 0.6) is 11.5 Å². The molecule has 106 valence electrons. The molecule has 0 aliphatic carbocycles. The standard InChI is InChI=1S/C16H20N2O2/c1-11(14-10-13(20-3)7-8-16(14)19)18-12(2)15-6-4-5-9-17-15/h4-12,18-19H,1-3H3/t11?,12-/m0/s1. The first-order chi connectivity index (χ1) is 9.61. The number of phenols is 1. The topological polar surface area (TPSA) is 54.4 Å². The Morgan fingerprint density at radius 1 is 1.15 bits per heavy atom. The summed E-state index contributed by atoms with van der Waals surface area (Å²) in [7, 11) is 1.62. The fourth-order valence-corrected chi connectivity index (χ4v) is 2.19. The molecule has 2 rings (SSSR count). The zero-order valence-corrected chi connectivity index (χ0v) is 12.0. The molecule has 0 saturated heterocycles. The normalized spacial score (nSPS) is 13.8. The molecule has 0 saturated carbocycles. The van der Waals surface area contributed by atoms with Crippen LogP contribution in [0, 0.1) is 0 Å². The van der Waals surface area contributed by atoms with Gasteiger partial charge >= 0.3 is 0 Å². The lowest BCUT2D eigenvalue weighted by atomic mass is 10.0. The van der Waals surface area contributed by atoms with Gasteiger partial charge in [-0.3, -0.25) is 4.98 Å². The molecular formula is C16H20N2O2. The minimum atomic E-state index is -0.0119. The van der Waals surface area contributed by atoms with Gasteiger partial charge in [0.05, 0.1) is 12.8 Å². The van der Waals surface area contributed by atoms with Crippen LogP contribution in [0.3, 0.4) is 0 Å². The molecule has 4 heteroatoms. The van der Waals surface area contributed by atoms with Gasteiger partial charge < -0.3 is 15.2 Å². The molecule has 0 spiro atoms. The molecule has 4 nitrogen and oxygen atoms in total. The lowest BCUT2D eigenvalue weighted by Gasteiger charge is -2.21. The minimum Gasteiger partial charge on any atom is -0.508 e. The van der Waals surface area contributed by atoms with Gasteiger partial charge in [0.25, 0.3) is 0 Å². The third kappa shape index (κ3) is 3.27. The smallest absolute Gasteiger partial charge is 0.120 e. The van der Waals surface area contributed by atoms with Crippen molar-refractivity contribution in [3.63, 3.8) is 0 Å². The van der Waals surface area contributed by atoms with Crippen LogP contribution < -0.4 is 10.1 Å². The highest BCUT2D eigenvalue weighted by molar-refractivity contribution is 5.41. The van der Waals surface area contributed by atoms with E-state index in [9.17, 15) is 5.11 Å². The third-order valence-electron chi connectivity index (χ3n) is 3.33. The van der Waals surface area contributed by atoms with E-state index in [4.69, 9.17) is 4.74 Å². The Labute approximate surface area is 119 Å². The van der Waals surface area contributed by atoms with Crippen molar-refractivity contribution in [3.05, 3.63) is 53.9 Å². The summed E-state index contributed by atoms with van der Waals surface area (Å²) in [6.07, 6.45) is 1.78. The molecule has 2 aromatic rings. The summed E-state index contributed by atoms with van der Waals surface area (Å²) in [6, 6.07) is 11.2. The zero-order chi connectivity index (χ0) is 14.5. The molecule has 0 aliphatic heterocycles. The van der Waals surface area contributed by atoms with Crippen LogP contribution in [0.2, 0.25) is 0 Å². The van der Waals surface area contributed by atoms with Gasteiger partial charge in [0.15, 0.2) is 0 Å². The summed E-state index contributed by atoms with van der Waals surface area (Å²) < 4.78 is 5.20. The number of hydrogen-bond donors (Lipinski definition) is 2. The Morgan fingerprint density at radius 3 is 2.60 bits per heavy atom. The number of phenolic OH excluding ortho intramolecular Hbond substituents is 1. The van der Waals surface area contributed by atoms with E-state index in [-0.39, 0.29) is 17.8 Å². The first kappa shape index (κ1) is 14.3. The van der Waals surface area contributed by atoms with Crippen molar-refractivity contribution in [1.29, 1.82) is 0 Å². The highest BCUT2D eigenvalue weighted by atomic mass is 16.5. The van der Waals surface area contributed by atoms with Crippen molar-refractivity contribution < 1.29 is 9.84 Å². The molecule has 0 amide bonds. The Hall–Kier alpha value is -2.07. The summed E-state index contributed by atoms with van der Waals surface area (Å²) in [6.45, 7) is 4.06. The van der Waals surface area contributed by atoms with Crippen LogP contribution >= 0.6 is 0 Å². The first-order valence-corrected chi connectivity index (χ1v) is 6.65. The predicted molar refractivity (Wildman–Crippen MR) is 78.9 cm³/mol. The minimum absolute atomic E-state index is 0.0119. The summed E-state index contributed by atoms with van der Waals surface area (Å²) in [5, 5.41) is 13.4. The van der Waals surface area contributed by atoms with Gasteiger partial charge in [-0.25, -0.2) is 0 Å². The van der Waals surface area contributed by atoms with E-state index in [1.54, 1.807) is 25.4 Å². The maximum Gasteiger partial charge on any atom is 0.120 e. The molecule has 0 fully saturated rings. The molecule has 1 aromatic heterocycles. The maximum absolute atomic E-state index is 9.97. The number of nitrogens with zero attached hydrogens (tertiary/aromatic N) is 1. The molecule has 0 bridgehead atoms. The molecule has 1 unspecified atom stereocenters. The zero-order valence-electron chi connectivity index (χ0n) is 12.0. The second kappa shape index (κ2) is 6.39. The molecule has 0 radical (unpaired) electrons. The van der Waals surface area contributed by atoms with Crippen LogP contribution in [-0.2, 0) is 0 Å². The van der Waals surface area contributed by atoms with E-state index in [0.717, 1.165) is 17.0 Å². The highest BCUT2D eigenvalue weighted by Crippen LogP contribution is 2.29. The third-order valence-corrected chi connectivity index (χ3v) is 3.33. The lowest BCUT2D eigenvalue weighted by Crippen LogP contribution is -2.23. The van der Waals surface area contributed by atoms with Crippen LogP contribution in [0.1, 0.15) is 37.2 Å². The van der Waals surface area contributed by atoms with E-state index in [2.05, 4.69) is 17.2 Å². The van der Waals surface area contributed by atoms with Crippen molar-refractivity contribution in [2.45, 2.75) is 25.9 Å². The molecular weight excluding hydrogens is 252 g/mol. The summed E-state index contributed by atoms with van der Waals surface area (Å²) in [4.78, 5) is 4.33. The number of ether oxygens (including phenoxy) is 1. The Bertz CT molecular complexity index is 558. The summed E-state index contributed by atoms with van der Waals surface area (Å²) in [5.41, 5.74) is 1.79. The summed E-state index contributed by atoms with van der Waals surface area (Å²) in [5.74, 6) is 0.996.